The molecule has 0 N–H and O–H groups in total. The van der Waals surface area contributed by atoms with Gasteiger partial charge in [0.15, 0.2) is 0 Å². The molecule has 6 heteroatoms. The zero-order valence-electron chi connectivity index (χ0n) is 12.2. The van der Waals surface area contributed by atoms with E-state index in [1.807, 2.05) is 0 Å². The molecule has 1 saturated heterocycles. The van der Waals surface area contributed by atoms with Crippen molar-refractivity contribution in [2.45, 2.75) is 12.8 Å². The van der Waals surface area contributed by atoms with Gasteiger partial charge >= 0.3 is 0 Å². The number of fused-ring (bicyclic) bond motifs is 3. The van der Waals surface area contributed by atoms with Crippen molar-refractivity contribution in [2.75, 3.05) is 4.90 Å². The highest BCUT2D eigenvalue weighted by atomic mass is 16.6. The van der Waals surface area contributed by atoms with E-state index in [-0.39, 0.29) is 46.6 Å². The molecule has 2 saturated carbocycles. The van der Waals surface area contributed by atoms with E-state index < -0.39 is 4.92 Å². The average Bonchev–Trinajstić information content (AvgIpc) is 3.13. The normalized spacial score (nSPS) is 35.2. The zero-order chi connectivity index (χ0) is 15.9. The highest BCUT2D eigenvalue weighted by molar-refractivity contribution is 6.23. The first-order valence-corrected chi connectivity index (χ1v) is 7.85. The summed E-state index contributed by atoms with van der Waals surface area (Å²) in [5.41, 5.74) is 0.364. The number of anilines is 1. The third-order valence-electron chi connectivity index (χ3n) is 6.15. The molecule has 4 aliphatic rings. The molecule has 0 aromatic heterocycles. The summed E-state index contributed by atoms with van der Waals surface area (Å²) in [6, 6.07) is 5.77. The number of carbonyl (C=O) groups excluding carboxylic acids is 2. The Bertz CT molecular complexity index is 777. The highest BCUT2D eigenvalue weighted by Gasteiger charge is 2.73. The molecule has 1 aromatic rings. The van der Waals surface area contributed by atoms with Gasteiger partial charge in [0.2, 0.25) is 11.8 Å². The summed E-state index contributed by atoms with van der Waals surface area (Å²) in [7, 11) is 0. The van der Waals surface area contributed by atoms with Crippen LogP contribution in [-0.2, 0) is 9.59 Å². The second-order valence-electron chi connectivity index (χ2n) is 7.01. The lowest BCUT2D eigenvalue weighted by molar-refractivity contribution is -0.384. The van der Waals surface area contributed by atoms with E-state index in [0.717, 1.165) is 12.8 Å². The van der Waals surface area contributed by atoms with Crippen LogP contribution in [0, 0.1) is 39.2 Å². The molecule has 1 aromatic carbocycles. The molecular formula is C17H14N2O4. The first kappa shape index (κ1) is 13.0. The molecule has 23 heavy (non-hydrogen) atoms. The number of non-ortho nitro benzene ring substituents is 1. The Morgan fingerprint density at radius 1 is 1.09 bits per heavy atom. The number of nitro groups is 1. The maximum atomic E-state index is 12.9. The molecule has 3 fully saturated rings. The Morgan fingerprint density at radius 2 is 1.70 bits per heavy atom. The van der Waals surface area contributed by atoms with E-state index in [0.29, 0.717) is 5.69 Å². The lowest BCUT2D eigenvalue weighted by Gasteiger charge is -2.21. The number of nitro benzene ring substituents is 1. The Balaban J connectivity index is 1.56. The van der Waals surface area contributed by atoms with Crippen molar-refractivity contribution in [3.05, 3.63) is 46.5 Å². The maximum absolute atomic E-state index is 12.9. The van der Waals surface area contributed by atoms with Gasteiger partial charge in [-0.2, -0.15) is 0 Å². The van der Waals surface area contributed by atoms with Crippen molar-refractivity contribution < 1.29 is 14.5 Å². The molecule has 0 radical (unpaired) electrons. The summed E-state index contributed by atoms with van der Waals surface area (Å²) in [5.74, 6) is -0.610. The Hall–Kier alpha value is -2.50. The summed E-state index contributed by atoms with van der Waals surface area (Å²) in [6.07, 6.45) is 6.42. The van der Waals surface area contributed by atoms with Crippen LogP contribution in [0.15, 0.2) is 36.4 Å². The smallest absolute Gasteiger partial charge is 0.271 e. The lowest BCUT2D eigenvalue weighted by Crippen LogP contribution is -2.34. The van der Waals surface area contributed by atoms with Gasteiger partial charge in [-0.15, -0.1) is 0 Å². The molecule has 3 aliphatic carbocycles. The van der Waals surface area contributed by atoms with Crippen LogP contribution in [0.25, 0.3) is 0 Å². The molecule has 1 spiro atoms. The number of nitrogens with zero attached hydrogens (tertiary/aromatic N) is 2. The van der Waals surface area contributed by atoms with Crippen LogP contribution in [0.4, 0.5) is 11.4 Å². The third kappa shape index (κ3) is 1.39. The largest absolute Gasteiger partial charge is 0.274 e. The molecule has 2 bridgehead atoms. The summed E-state index contributed by atoms with van der Waals surface area (Å²) in [6.45, 7) is 0. The van der Waals surface area contributed by atoms with E-state index in [4.69, 9.17) is 0 Å². The number of imide groups is 1. The van der Waals surface area contributed by atoms with E-state index in [1.165, 1.54) is 23.1 Å². The van der Waals surface area contributed by atoms with E-state index in [1.54, 1.807) is 6.07 Å². The van der Waals surface area contributed by atoms with Gasteiger partial charge in [-0.05, 0) is 36.2 Å². The van der Waals surface area contributed by atoms with Crippen LogP contribution in [0.5, 0.6) is 0 Å². The molecule has 5 rings (SSSR count). The Labute approximate surface area is 131 Å². The second kappa shape index (κ2) is 3.88. The van der Waals surface area contributed by atoms with E-state index in [9.17, 15) is 19.7 Å². The minimum absolute atomic E-state index is 0.111. The quantitative estimate of drug-likeness (QED) is 0.363. The summed E-state index contributed by atoms with van der Waals surface area (Å²) < 4.78 is 0. The van der Waals surface area contributed by atoms with Gasteiger partial charge in [0, 0.05) is 12.1 Å². The van der Waals surface area contributed by atoms with Gasteiger partial charge in [0.05, 0.1) is 22.4 Å². The number of allylic oxidation sites excluding steroid dienone is 2. The van der Waals surface area contributed by atoms with Gasteiger partial charge in [0.1, 0.15) is 0 Å². The van der Waals surface area contributed by atoms with Gasteiger partial charge in [-0.3, -0.25) is 19.7 Å². The predicted octanol–water partition coefficient (Wildman–Crippen LogP) is 2.30. The minimum Gasteiger partial charge on any atom is -0.274 e. The Morgan fingerprint density at radius 3 is 2.22 bits per heavy atom. The molecule has 0 unspecified atom stereocenters. The van der Waals surface area contributed by atoms with Crippen LogP contribution in [0.1, 0.15) is 12.8 Å². The topological polar surface area (TPSA) is 80.5 Å². The lowest BCUT2D eigenvalue weighted by atomic mass is 9.85. The number of rotatable bonds is 2. The molecule has 1 aliphatic heterocycles. The van der Waals surface area contributed by atoms with Gasteiger partial charge in [0.25, 0.3) is 5.69 Å². The molecular weight excluding hydrogens is 296 g/mol. The standard InChI is InChI=1S/C17H14N2O4/c20-15-13-11-4-5-12(17(11)6-7-17)14(13)16(21)18(15)9-2-1-3-10(8-9)19(22)23/h1-5,8,11-14H,6-7H2/t11-,12+,13+,14-. The van der Waals surface area contributed by atoms with Crippen molar-refractivity contribution in [1.29, 1.82) is 0 Å². The maximum Gasteiger partial charge on any atom is 0.271 e. The number of carbonyl (C=O) groups is 2. The minimum atomic E-state index is -0.514. The Kier molecular flexibility index (Phi) is 2.19. The van der Waals surface area contributed by atoms with Crippen LogP contribution >= 0.6 is 0 Å². The summed E-state index contributed by atoms with van der Waals surface area (Å²) in [5, 5.41) is 10.9. The average molecular weight is 310 g/mol. The van der Waals surface area contributed by atoms with Crippen LogP contribution in [0.2, 0.25) is 0 Å². The van der Waals surface area contributed by atoms with Gasteiger partial charge in [-0.25, -0.2) is 4.90 Å². The number of benzene rings is 1. The van der Waals surface area contributed by atoms with Crippen molar-refractivity contribution in [3.63, 3.8) is 0 Å². The second-order valence-corrected chi connectivity index (χ2v) is 7.01. The van der Waals surface area contributed by atoms with Crippen molar-refractivity contribution in [2.24, 2.45) is 29.1 Å². The first-order chi connectivity index (χ1) is 11.0. The van der Waals surface area contributed by atoms with Gasteiger partial charge < -0.3 is 0 Å². The first-order valence-electron chi connectivity index (χ1n) is 7.85. The number of hydrogen-bond acceptors (Lipinski definition) is 4. The molecule has 116 valence electrons. The van der Waals surface area contributed by atoms with Gasteiger partial charge in [-0.1, -0.05) is 18.2 Å². The molecule has 4 atom stereocenters. The van der Waals surface area contributed by atoms with E-state index in [2.05, 4.69) is 12.2 Å². The predicted molar refractivity (Wildman–Crippen MR) is 80.4 cm³/mol. The summed E-state index contributed by atoms with van der Waals surface area (Å²) >= 11 is 0. The highest BCUT2D eigenvalue weighted by Crippen LogP contribution is 2.73. The summed E-state index contributed by atoms with van der Waals surface area (Å²) in [4.78, 5) is 37.4. The van der Waals surface area contributed by atoms with Crippen LogP contribution in [-0.4, -0.2) is 16.7 Å². The van der Waals surface area contributed by atoms with Crippen molar-refractivity contribution in [1.82, 2.24) is 0 Å². The fourth-order valence-electron chi connectivity index (χ4n) is 5.08. The van der Waals surface area contributed by atoms with E-state index >= 15 is 0 Å². The van der Waals surface area contributed by atoms with Crippen molar-refractivity contribution in [3.8, 4) is 0 Å². The van der Waals surface area contributed by atoms with Crippen LogP contribution < -0.4 is 4.90 Å². The van der Waals surface area contributed by atoms with Crippen molar-refractivity contribution >= 4 is 23.2 Å². The molecule has 2 amide bonds. The fourth-order valence-corrected chi connectivity index (χ4v) is 5.08. The molecule has 6 nitrogen and oxygen atoms in total. The number of amides is 2. The third-order valence-corrected chi connectivity index (χ3v) is 6.15. The molecule has 1 heterocycles. The number of hydrogen-bond donors (Lipinski definition) is 0. The SMILES string of the molecule is O=C1[C@@H]2[C@H](C(=O)N1c1cccc([N+](=O)[O-])c1)[C@@H]1C=C[C@H]2C12CC2. The van der Waals surface area contributed by atoms with Crippen LogP contribution in [0.3, 0.4) is 0 Å². The zero-order valence-corrected chi connectivity index (χ0v) is 12.2. The monoisotopic (exact) mass is 310 g/mol. The fraction of sp³-hybridized carbons (Fsp3) is 0.412.